The fraction of sp³-hybridized carbons (Fsp3) is 0.467. The van der Waals surface area contributed by atoms with E-state index in [1.807, 2.05) is 0 Å². The highest BCUT2D eigenvalue weighted by molar-refractivity contribution is 7.89. The van der Waals surface area contributed by atoms with Crippen molar-refractivity contribution in [2.45, 2.75) is 24.7 Å². The molecule has 0 saturated carbocycles. The molecule has 25 heavy (non-hydrogen) atoms. The van der Waals surface area contributed by atoms with Crippen molar-refractivity contribution in [2.24, 2.45) is 0 Å². The Balaban J connectivity index is 1.71. The monoisotopic (exact) mass is 420 g/mol. The molecule has 0 radical (unpaired) electrons. The van der Waals surface area contributed by atoms with Gasteiger partial charge in [0, 0.05) is 37.6 Å². The maximum atomic E-state index is 12.8. The normalized spacial score (nSPS) is 16.4. The summed E-state index contributed by atoms with van der Waals surface area (Å²) in [7, 11) is -3.67. The molecular weight excluding hydrogens is 403 g/mol. The summed E-state index contributed by atoms with van der Waals surface area (Å²) in [6, 6.07) is 4.47. The first-order valence-corrected chi connectivity index (χ1v) is 11.0. The van der Waals surface area contributed by atoms with Crippen LogP contribution in [-0.4, -0.2) is 49.1 Å². The van der Waals surface area contributed by atoms with E-state index in [0.717, 1.165) is 23.0 Å². The van der Waals surface area contributed by atoms with Gasteiger partial charge in [0.2, 0.25) is 15.2 Å². The third kappa shape index (κ3) is 4.09. The minimum absolute atomic E-state index is 0.0521. The zero-order valence-corrected chi connectivity index (χ0v) is 16.8. The van der Waals surface area contributed by atoms with Crippen molar-refractivity contribution >= 4 is 49.7 Å². The van der Waals surface area contributed by atoms with Crippen LogP contribution in [0.4, 0.5) is 5.13 Å². The van der Waals surface area contributed by atoms with Crippen molar-refractivity contribution in [2.75, 3.05) is 31.1 Å². The smallest absolute Gasteiger partial charge is 0.244 e. The van der Waals surface area contributed by atoms with Gasteiger partial charge < -0.3 is 4.90 Å². The highest BCUT2D eigenvalue weighted by Gasteiger charge is 2.31. The molecule has 2 aromatic rings. The SMILES string of the molecule is CCCc1nnc(N2CCN(S(=O)(=O)c3cc(Cl)ccc3Cl)CC2)s1. The van der Waals surface area contributed by atoms with Crippen LogP contribution in [0, 0.1) is 0 Å². The molecule has 0 atom stereocenters. The van der Waals surface area contributed by atoms with Gasteiger partial charge in [-0.3, -0.25) is 0 Å². The van der Waals surface area contributed by atoms with E-state index in [-0.39, 0.29) is 9.92 Å². The topological polar surface area (TPSA) is 66.4 Å². The second-order valence-corrected chi connectivity index (χ2v) is 9.48. The van der Waals surface area contributed by atoms with Crippen molar-refractivity contribution in [3.05, 3.63) is 33.3 Å². The molecule has 2 heterocycles. The first kappa shape index (κ1) is 18.8. The number of aryl methyl sites for hydroxylation is 1. The van der Waals surface area contributed by atoms with E-state index >= 15 is 0 Å². The van der Waals surface area contributed by atoms with Gasteiger partial charge in [-0.2, -0.15) is 4.31 Å². The van der Waals surface area contributed by atoms with Crippen LogP contribution in [0.1, 0.15) is 18.4 Å². The van der Waals surface area contributed by atoms with E-state index in [9.17, 15) is 8.42 Å². The van der Waals surface area contributed by atoms with E-state index in [4.69, 9.17) is 23.2 Å². The van der Waals surface area contributed by atoms with Crippen molar-refractivity contribution in [3.63, 3.8) is 0 Å². The van der Waals surface area contributed by atoms with E-state index < -0.39 is 10.0 Å². The zero-order chi connectivity index (χ0) is 18.0. The number of hydrogen-bond acceptors (Lipinski definition) is 6. The average molecular weight is 421 g/mol. The van der Waals surface area contributed by atoms with Crippen LogP contribution >= 0.6 is 34.5 Å². The van der Waals surface area contributed by atoms with Gasteiger partial charge in [0.15, 0.2) is 0 Å². The Morgan fingerprint density at radius 3 is 2.56 bits per heavy atom. The lowest BCUT2D eigenvalue weighted by atomic mass is 10.4. The highest BCUT2D eigenvalue weighted by atomic mass is 35.5. The Labute approximate surface area is 161 Å². The molecule has 0 aliphatic carbocycles. The number of aromatic nitrogens is 2. The molecule has 6 nitrogen and oxygen atoms in total. The first-order chi connectivity index (χ1) is 11.9. The van der Waals surface area contributed by atoms with Crippen LogP contribution in [0.15, 0.2) is 23.1 Å². The Morgan fingerprint density at radius 1 is 1.16 bits per heavy atom. The average Bonchev–Trinajstić information content (AvgIpc) is 3.06. The summed E-state index contributed by atoms with van der Waals surface area (Å²) < 4.78 is 27.1. The minimum Gasteiger partial charge on any atom is -0.344 e. The summed E-state index contributed by atoms with van der Waals surface area (Å²) in [4.78, 5) is 2.12. The predicted molar refractivity (Wildman–Crippen MR) is 101 cm³/mol. The summed E-state index contributed by atoms with van der Waals surface area (Å²) in [6.45, 7) is 3.98. The summed E-state index contributed by atoms with van der Waals surface area (Å²) in [5, 5.41) is 10.8. The molecule has 0 N–H and O–H groups in total. The zero-order valence-electron chi connectivity index (χ0n) is 13.7. The maximum Gasteiger partial charge on any atom is 0.244 e. The van der Waals surface area contributed by atoms with Gasteiger partial charge in [-0.25, -0.2) is 8.42 Å². The fourth-order valence-electron chi connectivity index (χ4n) is 2.62. The van der Waals surface area contributed by atoms with Crippen LogP contribution in [0.2, 0.25) is 10.0 Å². The minimum atomic E-state index is -3.67. The van der Waals surface area contributed by atoms with Crippen LogP contribution in [0.25, 0.3) is 0 Å². The van der Waals surface area contributed by atoms with Gasteiger partial charge in [0.1, 0.15) is 9.90 Å². The van der Waals surface area contributed by atoms with Crippen LogP contribution in [-0.2, 0) is 16.4 Å². The van der Waals surface area contributed by atoms with Crippen molar-refractivity contribution in [1.29, 1.82) is 0 Å². The number of halogens is 2. The Kier molecular flexibility index (Phi) is 5.85. The largest absolute Gasteiger partial charge is 0.344 e. The third-order valence-electron chi connectivity index (χ3n) is 3.94. The summed E-state index contributed by atoms with van der Waals surface area (Å²) in [5.41, 5.74) is 0. The molecule has 0 bridgehead atoms. The molecular formula is C15H18Cl2N4O2S2. The van der Waals surface area contributed by atoms with E-state index in [0.29, 0.717) is 31.2 Å². The Hall–Kier alpha value is -0.930. The number of benzene rings is 1. The van der Waals surface area contributed by atoms with E-state index in [2.05, 4.69) is 22.0 Å². The summed E-state index contributed by atoms with van der Waals surface area (Å²) in [6.07, 6.45) is 1.94. The standard InChI is InChI=1S/C15H18Cl2N4O2S2/c1-2-3-14-18-19-15(24-14)20-6-8-21(9-7-20)25(22,23)13-10-11(16)4-5-12(13)17/h4-5,10H,2-3,6-9H2,1H3. The molecule has 1 aliphatic rings. The lowest BCUT2D eigenvalue weighted by Gasteiger charge is -2.33. The van der Waals surface area contributed by atoms with Crippen LogP contribution in [0.5, 0.6) is 0 Å². The van der Waals surface area contributed by atoms with Gasteiger partial charge in [0.25, 0.3) is 0 Å². The van der Waals surface area contributed by atoms with Crippen LogP contribution in [0.3, 0.4) is 0 Å². The number of rotatable bonds is 5. The van der Waals surface area contributed by atoms with Gasteiger partial charge in [-0.15, -0.1) is 10.2 Å². The Morgan fingerprint density at radius 2 is 1.88 bits per heavy atom. The lowest BCUT2D eigenvalue weighted by Crippen LogP contribution is -2.48. The molecule has 1 aromatic carbocycles. The summed E-state index contributed by atoms with van der Waals surface area (Å²) in [5.74, 6) is 0. The molecule has 1 aliphatic heterocycles. The fourth-order valence-corrected chi connectivity index (χ4v) is 5.77. The number of nitrogens with zero attached hydrogens (tertiary/aromatic N) is 4. The van der Waals surface area contributed by atoms with Crippen molar-refractivity contribution < 1.29 is 8.42 Å². The number of sulfonamides is 1. The molecule has 10 heteroatoms. The van der Waals surface area contributed by atoms with E-state index in [1.165, 1.54) is 16.4 Å². The molecule has 1 fully saturated rings. The molecule has 1 aromatic heterocycles. The maximum absolute atomic E-state index is 12.8. The molecule has 3 rings (SSSR count). The molecule has 0 spiro atoms. The second-order valence-electron chi connectivity index (χ2n) is 5.69. The first-order valence-electron chi connectivity index (χ1n) is 7.94. The van der Waals surface area contributed by atoms with Crippen molar-refractivity contribution in [1.82, 2.24) is 14.5 Å². The second kappa shape index (κ2) is 7.75. The number of hydrogen-bond donors (Lipinski definition) is 0. The van der Waals surface area contributed by atoms with Crippen molar-refractivity contribution in [3.8, 4) is 0 Å². The molecule has 136 valence electrons. The highest BCUT2D eigenvalue weighted by Crippen LogP contribution is 2.29. The lowest BCUT2D eigenvalue weighted by molar-refractivity contribution is 0.384. The summed E-state index contributed by atoms with van der Waals surface area (Å²) >= 11 is 13.6. The number of piperazine rings is 1. The van der Waals surface area contributed by atoms with Crippen LogP contribution < -0.4 is 4.90 Å². The van der Waals surface area contributed by atoms with Gasteiger partial charge >= 0.3 is 0 Å². The molecule has 0 amide bonds. The third-order valence-corrected chi connectivity index (χ3v) is 7.60. The molecule has 0 unspecified atom stereocenters. The Bertz CT molecular complexity index is 849. The number of anilines is 1. The van der Waals surface area contributed by atoms with Gasteiger partial charge in [-0.1, -0.05) is 41.5 Å². The molecule has 1 saturated heterocycles. The van der Waals surface area contributed by atoms with Gasteiger partial charge in [0.05, 0.1) is 5.02 Å². The van der Waals surface area contributed by atoms with E-state index in [1.54, 1.807) is 17.4 Å². The predicted octanol–water partition coefficient (Wildman–Crippen LogP) is 3.31. The van der Waals surface area contributed by atoms with Gasteiger partial charge in [-0.05, 0) is 24.6 Å². The quantitative estimate of drug-likeness (QED) is 0.741.